The molecule has 0 unspecified atom stereocenters. The number of amides is 1. The molecule has 6 nitrogen and oxygen atoms in total. The molecule has 3 aromatic rings. The summed E-state index contributed by atoms with van der Waals surface area (Å²) in [5.74, 6) is -1.21. The molecule has 0 radical (unpaired) electrons. The number of fused-ring (bicyclic) bond motifs is 1. The van der Waals surface area contributed by atoms with Crippen molar-refractivity contribution in [1.82, 2.24) is 9.55 Å². The van der Waals surface area contributed by atoms with Gasteiger partial charge in [0, 0.05) is 12.6 Å². The first-order valence-electron chi connectivity index (χ1n) is 8.55. The van der Waals surface area contributed by atoms with E-state index in [1.54, 1.807) is 30.5 Å². The molecule has 0 spiro atoms. The molecule has 1 heterocycles. The summed E-state index contributed by atoms with van der Waals surface area (Å²) in [6, 6.07) is 11.8. The second-order valence-electron chi connectivity index (χ2n) is 6.67. The second kappa shape index (κ2) is 7.63. The molecule has 2 aromatic carbocycles. The molecule has 1 aromatic heterocycles. The zero-order valence-corrected chi connectivity index (χ0v) is 16.8. The standard InChI is InChI=1S/C20H20FN3O3S/c1-12(25)22-13-9-10-16(14(21)11-13)24-17-8-6-5-7-15(17)23-19(24)28-20(2,3)18(26)27-4/h5-11H,1-4H3,(H,22,25). The smallest absolute Gasteiger partial charge is 0.321 e. The molecule has 0 atom stereocenters. The number of esters is 1. The number of methoxy groups -OCH3 is 1. The Morgan fingerprint density at radius 3 is 2.57 bits per heavy atom. The fourth-order valence-electron chi connectivity index (χ4n) is 2.79. The van der Waals surface area contributed by atoms with Gasteiger partial charge in [-0.1, -0.05) is 23.9 Å². The lowest BCUT2D eigenvalue weighted by molar-refractivity contribution is -0.142. The van der Waals surface area contributed by atoms with Gasteiger partial charge in [-0.15, -0.1) is 0 Å². The lowest BCUT2D eigenvalue weighted by Gasteiger charge is -2.21. The van der Waals surface area contributed by atoms with Crippen LogP contribution in [-0.2, 0) is 14.3 Å². The Labute approximate surface area is 166 Å². The number of ether oxygens (including phenoxy) is 1. The summed E-state index contributed by atoms with van der Waals surface area (Å²) < 4.78 is 20.5. The van der Waals surface area contributed by atoms with Crippen molar-refractivity contribution in [2.24, 2.45) is 0 Å². The van der Waals surface area contributed by atoms with Crippen molar-refractivity contribution in [1.29, 1.82) is 0 Å². The number of thioether (sulfide) groups is 1. The molecule has 0 aliphatic heterocycles. The predicted octanol–water partition coefficient (Wildman–Crippen LogP) is 4.17. The third-order valence-electron chi connectivity index (χ3n) is 4.06. The number of aromatic nitrogens is 2. The zero-order valence-electron chi connectivity index (χ0n) is 15.9. The minimum atomic E-state index is -0.916. The summed E-state index contributed by atoms with van der Waals surface area (Å²) >= 11 is 1.19. The van der Waals surface area contributed by atoms with Crippen LogP contribution >= 0.6 is 11.8 Å². The van der Waals surface area contributed by atoms with E-state index in [-0.39, 0.29) is 11.6 Å². The zero-order chi connectivity index (χ0) is 20.5. The van der Waals surface area contributed by atoms with Crippen molar-refractivity contribution >= 4 is 40.4 Å². The maximum atomic E-state index is 14.9. The summed E-state index contributed by atoms with van der Waals surface area (Å²) in [6.07, 6.45) is 0. The summed E-state index contributed by atoms with van der Waals surface area (Å²) in [5, 5.41) is 3.02. The van der Waals surface area contributed by atoms with Crippen LogP contribution in [0.5, 0.6) is 0 Å². The van der Waals surface area contributed by atoms with Crippen molar-refractivity contribution in [3.05, 3.63) is 48.3 Å². The second-order valence-corrected chi connectivity index (χ2v) is 8.26. The fraction of sp³-hybridized carbons (Fsp3) is 0.250. The van der Waals surface area contributed by atoms with Gasteiger partial charge < -0.3 is 10.1 Å². The third-order valence-corrected chi connectivity index (χ3v) is 5.20. The molecule has 1 amide bonds. The van der Waals surface area contributed by atoms with E-state index < -0.39 is 16.5 Å². The molecular weight excluding hydrogens is 381 g/mol. The molecule has 28 heavy (non-hydrogen) atoms. The molecule has 8 heteroatoms. The van der Waals surface area contributed by atoms with Crippen LogP contribution < -0.4 is 5.32 Å². The minimum Gasteiger partial charge on any atom is -0.468 e. The van der Waals surface area contributed by atoms with Gasteiger partial charge in [0.15, 0.2) is 5.16 Å². The number of hydrogen-bond donors (Lipinski definition) is 1. The summed E-state index contributed by atoms with van der Waals surface area (Å²) in [5.41, 5.74) is 2.01. The normalized spacial score (nSPS) is 11.5. The van der Waals surface area contributed by atoms with Gasteiger partial charge in [-0.05, 0) is 44.2 Å². The van der Waals surface area contributed by atoms with Crippen LogP contribution in [0.25, 0.3) is 16.7 Å². The number of anilines is 1. The van der Waals surface area contributed by atoms with E-state index >= 15 is 0 Å². The third kappa shape index (κ3) is 3.87. The lowest BCUT2D eigenvalue weighted by atomic mass is 10.2. The van der Waals surface area contributed by atoms with E-state index in [0.717, 1.165) is 0 Å². The first kappa shape index (κ1) is 19.9. The Balaban J connectivity index is 2.15. The highest BCUT2D eigenvalue weighted by molar-refractivity contribution is 8.01. The number of para-hydroxylation sites is 2. The number of rotatable bonds is 5. The summed E-state index contributed by atoms with van der Waals surface area (Å²) in [6.45, 7) is 4.81. The molecule has 0 fully saturated rings. The molecule has 0 bridgehead atoms. The Morgan fingerprint density at radius 2 is 1.93 bits per heavy atom. The van der Waals surface area contributed by atoms with Gasteiger partial charge >= 0.3 is 5.97 Å². The lowest BCUT2D eigenvalue weighted by Crippen LogP contribution is -2.29. The summed E-state index contributed by atoms with van der Waals surface area (Å²) in [7, 11) is 1.33. The van der Waals surface area contributed by atoms with Crippen molar-refractivity contribution in [3.63, 3.8) is 0 Å². The number of carbonyl (C=O) groups is 2. The number of nitrogens with one attached hydrogen (secondary N) is 1. The van der Waals surface area contributed by atoms with E-state index in [9.17, 15) is 14.0 Å². The minimum absolute atomic E-state index is 0.269. The molecular formula is C20H20FN3O3S. The SMILES string of the molecule is COC(=O)C(C)(C)Sc1nc2ccccc2n1-c1ccc(NC(C)=O)cc1F. The van der Waals surface area contributed by atoms with E-state index in [0.29, 0.717) is 21.9 Å². The van der Waals surface area contributed by atoms with E-state index in [4.69, 9.17) is 4.74 Å². The van der Waals surface area contributed by atoms with Crippen LogP contribution in [0.2, 0.25) is 0 Å². The van der Waals surface area contributed by atoms with Crippen molar-refractivity contribution < 1.29 is 18.7 Å². The average Bonchev–Trinajstić information content (AvgIpc) is 2.97. The number of imidazole rings is 1. The average molecular weight is 401 g/mol. The van der Waals surface area contributed by atoms with Crippen LogP contribution in [0.3, 0.4) is 0 Å². The van der Waals surface area contributed by atoms with E-state index in [2.05, 4.69) is 10.3 Å². The maximum absolute atomic E-state index is 14.9. The van der Waals surface area contributed by atoms with Crippen LogP contribution in [0.15, 0.2) is 47.6 Å². The van der Waals surface area contributed by atoms with E-state index in [1.165, 1.54) is 31.9 Å². The fourth-order valence-corrected chi connectivity index (χ4v) is 3.85. The van der Waals surface area contributed by atoms with Gasteiger partial charge in [-0.3, -0.25) is 14.2 Å². The molecule has 0 saturated heterocycles. The highest BCUT2D eigenvalue weighted by Crippen LogP contribution is 2.37. The van der Waals surface area contributed by atoms with Gasteiger partial charge in [0.1, 0.15) is 10.6 Å². The van der Waals surface area contributed by atoms with E-state index in [1.807, 2.05) is 24.3 Å². The Kier molecular flexibility index (Phi) is 5.42. The van der Waals surface area contributed by atoms with Gasteiger partial charge in [0.25, 0.3) is 0 Å². The van der Waals surface area contributed by atoms with Crippen LogP contribution in [0.4, 0.5) is 10.1 Å². The first-order valence-corrected chi connectivity index (χ1v) is 9.37. The highest BCUT2D eigenvalue weighted by Gasteiger charge is 2.33. The first-order chi connectivity index (χ1) is 13.2. The van der Waals surface area contributed by atoms with Gasteiger partial charge in [-0.2, -0.15) is 0 Å². The number of nitrogens with zero attached hydrogens (tertiary/aromatic N) is 2. The van der Waals surface area contributed by atoms with Crippen molar-refractivity contribution in [2.75, 3.05) is 12.4 Å². The Morgan fingerprint density at radius 1 is 1.21 bits per heavy atom. The molecule has 0 aliphatic carbocycles. The summed E-state index contributed by atoms with van der Waals surface area (Å²) in [4.78, 5) is 27.9. The maximum Gasteiger partial charge on any atom is 0.321 e. The quantitative estimate of drug-likeness (QED) is 0.513. The van der Waals surface area contributed by atoms with Crippen molar-refractivity contribution in [3.8, 4) is 5.69 Å². The number of hydrogen-bond acceptors (Lipinski definition) is 5. The van der Waals surface area contributed by atoms with Crippen LogP contribution in [0.1, 0.15) is 20.8 Å². The Bertz CT molecular complexity index is 1060. The molecule has 3 rings (SSSR count). The largest absolute Gasteiger partial charge is 0.468 e. The number of benzene rings is 2. The topological polar surface area (TPSA) is 73.2 Å². The Hall–Kier alpha value is -2.87. The van der Waals surface area contributed by atoms with Crippen LogP contribution in [0, 0.1) is 5.82 Å². The molecule has 0 saturated carbocycles. The number of halogens is 1. The number of carbonyl (C=O) groups excluding carboxylic acids is 2. The van der Waals surface area contributed by atoms with Crippen molar-refractivity contribution in [2.45, 2.75) is 30.7 Å². The molecule has 1 N–H and O–H groups in total. The van der Waals surface area contributed by atoms with Crippen LogP contribution in [-0.4, -0.2) is 33.3 Å². The van der Waals surface area contributed by atoms with Gasteiger partial charge in [-0.25, -0.2) is 9.37 Å². The van der Waals surface area contributed by atoms with Gasteiger partial charge in [0.05, 0.1) is 23.8 Å². The monoisotopic (exact) mass is 401 g/mol. The molecule has 0 aliphatic rings. The van der Waals surface area contributed by atoms with Gasteiger partial charge in [0.2, 0.25) is 5.91 Å². The predicted molar refractivity (Wildman–Crippen MR) is 107 cm³/mol. The highest BCUT2D eigenvalue weighted by atomic mass is 32.2. The molecule has 146 valence electrons.